The second-order valence-electron chi connectivity index (χ2n) is 6.57. The Kier molecular flexibility index (Phi) is 4.20. The summed E-state index contributed by atoms with van der Waals surface area (Å²) >= 11 is 0. The molecule has 4 rings (SSSR count). The van der Waals surface area contributed by atoms with Gasteiger partial charge in [-0.3, -0.25) is 14.2 Å². The lowest BCUT2D eigenvalue weighted by Crippen LogP contribution is -2.37. The molecule has 3 aromatic rings. The number of carbonyl (C=O) groups excluding carboxylic acids is 1. The van der Waals surface area contributed by atoms with Gasteiger partial charge in [0.15, 0.2) is 0 Å². The van der Waals surface area contributed by atoms with E-state index in [0.29, 0.717) is 22.2 Å². The van der Waals surface area contributed by atoms with Crippen LogP contribution in [-0.2, 0) is 6.54 Å². The van der Waals surface area contributed by atoms with Crippen molar-refractivity contribution in [2.45, 2.75) is 38.3 Å². The number of H-pyrrole nitrogens is 1. The van der Waals surface area contributed by atoms with Crippen molar-refractivity contribution in [3.8, 4) is 0 Å². The van der Waals surface area contributed by atoms with Crippen molar-refractivity contribution in [3.05, 3.63) is 68.8 Å². The third kappa shape index (κ3) is 2.96. The van der Waals surface area contributed by atoms with Crippen LogP contribution in [0.1, 0.15) is 47.8 Å². The maximum atomic E-state index is 12.7. The van der Waals surface area contributed by atoms with E-state index in [1.807, 2.05) is 0 Å². The predicted molar refractivity (Wildman–Crippen MR) is 96.2 cm³/mol. The number of aromatic nitrogens is 2. The lowest BCUT2D eigenvalue weighted by atomic mass is 10.1. The molecule has 1 saturated carbocycles. The van der Waals surface area contributed by atoms with Crippen LogP contribution in [-0.4, -0.2) is 15.5 Å². The molecule has 0 aliphatic heterocycles. The molecule has 2 aromatic heterocycles. The molecule has 0 atom stereocenters. The molecular weight excluding hydrogens is 334 g/mol. The average molecular weight is 353 g/mol. The zero-order valence-corrected chi connectivity index (χ0v) is 14.2. The Morgan fingerprint density at radius 3 is 2.77 bits per heavy atom. The zero-order valence-electron chi connectivity index (χ0n) is 14.2. The van der Waals surface area contributed by atoms with Gasteiger partial charge in [0.2, 0.25) is 0 Å². The van der Waals surface area contributed by atoms with Gasteiger partial charge >= 0.3 is 5.69 Å². The first-order chi connectivity index (χ1) is 12.6. The van der Waals surface area contributed by atoms with Gasteiger partial charge in [0.05, 0.1) is 23.7 Å². The van der Waals surface area contributed by atoms with Gasteiger partial charge in [-0.2, -0.15) is 0 Å². The number of nitrogens with zero attached hydrogens (tertiary/aromatic N) is 1. The van der Waals surface area contributed by atoms with Gasteiger partial charge in [-0.15, -0.1) is 0 Å². The lowest BCUT2D eigenvalue weighted by molar-refractivity contribution is 0.0948. The largest absolute Gasteiger partial charge is 0.467 e. The third-order valence-electron chi connectivity index (χ3n) is 4.88. The van der Waals surface area contributed by atoms with E-state index < -0.39 is 5.69 Å². The van der Waals surface area contributed by atoms with Gasteiger partial charge in [-0.25, -0.2) is 4.79 Å². The van der Waals surface area contributed by atoms with Gasteiger partial charge in [0.1, 0.15) is 5.76 Å². The van der Waals surface area contributed by atoms with Gasteiger partial charge in [-0.05, 0) is 43.2 Å². The highest BCUT2D eigenvalue weighted by molar-refractivity contribution is 5.97. The summed E-state index contributed by atoms with van der Waals surface area (Å²) in [7, 11) is 0. The van der Waals surface area contributed by atoms with E-state index in [0.717, 1.165) is 25.7 Å². The number of fused-ring (bicyclic) bond motifs is 1. The maximum Gasteiger partial charge on any atom is 0.329 e. The molecule has 1 aliphatic rings. The van der Waals surface area contributed by atoms with Crippen LogP contribution in [0.5, 0.6) is 0 Å². The monoisotopic (exact) mass is 353 g/mol. The summed E-state index contributed by atoms with van der Waals surface area (Å²) < 4.78 is 6.50. The first-order valence-electron chi connectivity index (χ1n) is 8.72. The minimum atomic E-state index is -0.414. The molecule has 0 bridgehead atoms. The van der Waals surface area contributed by atoms with E-state index in [1.165, 1.54) is 16.9 Å². The highest BCUT2D eigenvalue weighted by atomic mass is 16.3. The van der Waals surface area contributed by atoms with Crippen LogP contribution in [0.15, 0.2) is 50.6 Å². The van der Waals surface area contributed by atoms with E-state index in [9.17, 15) is 14.4 Å². The molecule has 0 saturated heterocycles. The van der Waals surface area contributed by atoms with Crippen molar-refractivity contribution in [2.24, 2.45) is 0 Å². The quantitative estimate of drug-likeness (QED) is 0.752. The van der Waals surface area contributed by atoms with Crippen LogP contribution in [0.25, 0.3) is 10.9 Å². The molecule has 134 valence electrons. The average Bonchev–Trinajstić information content (AvgIpc) is 3.33. The zero-order chi connectivity index (χ0) is 18.1. The fourth-order valence-electron chi connectivity index (χ4n) is 3.55. The first kappa shape index (κ1) is 16.4. The summed E-state index contributed by atoms with van der Waals surface area (Å²) in [5.74, 6) is 0.344. The van der Waals surface area contributed by atoms with Crippen LogP contribution < -0.4 is 16.6 Å². The molecule has 7 heteroatoms. The molecule has 1 amide bonds. The molecule has 1 aliphatic carbocycles. The molecule has 1 aromatic carbocycles. The number of aromatic amines is 1. The fraction of sp³-hybridized carbons (Fsp3) is 0.316. The Hall–Kier alpha value is -3.09. The molecule has 7 nitrogen and oxygen atoms in total. The number of carbonyl (C=O) groups is 1. The molecule has 0 spiro atoms. The molecule has 2 heterocycles. The number of amides is 1. The number of hydrogen-bond acceptors (Lipinski definition) is 4. The normalized spacial score (nSPS) is 14.8. The number of nitrogens with one attached hydrogen (secondary N) is 2. The van der Waals surface area contributed by atoms with E-state index in [1.54, 1.807) is 24.3 Å². The highest BCUT2D eigenvalue weighted by Gasteiger charge is 2.21. The van der Waals surface area contributed by atoms with Gasteiger partial charge < -0.3 is 14.7 Å². The Labute approximate surface area is 148 Å². The summed E-state index contributed by atoms with van der Waals surface area (Å²) in [6.45, 7) is 0.268. The molecule has 0 radical (unpaired) electrons. The summed E-state index contributed by atoms with van der Waals surface area (Å²) in [5, 5.41) is 3.16. The van der Waals surface area contributed by atoms with Crippen molar-refractivity contribution < 1.29 is 9.21 Å². The number of furan rings is 1. The Morgan fingerprint density at radius 2 is 2.04 bits per heavy atom. The molecule has 0 unspecified atom stereocenters. The van der Waals surface area contributed by atoms with E-state index in [-0.39, 0.29) is 24.1 Å². The van der Waals surface area contributed by atoms with Crippen molar-refractivity contribution in [2.75, 3.05) is 0 Å². The SMILES string of the molecule is O=C(NCc1ccco1)c1ccc2c(=O)n(C3CCCC3)c(=O)[nH]c2c1. The van der Waals surface area contributed by atoms with Crippen molar-refractivity contribution in [1.29, 1.82) is 0 Å². The third-order valence-corrected chi connectivity index (χ3v) is 4.88. The highest BCUT2D eigenvalue weighted by Crippen LogP contribution is 2.27. The second kappa shape index (κ2) is 6.67. The smallest absolute Gasteiger partial charge is 0.329 e. The molecule has 1 fully saturated rings. The van der Waals surface area contributed by atoms with Crippen LogP contribution in [0.2, 0.25) is 0 Å². The summed E-state index contributed by atoms with van der Waals surface area (Å²) in [6, 6.07) is 8.21. The fourth-order valence-corrected chi connectivity index (χ4v) is 3.55. The van der Waals surface area contributed by atoms with E-state index in [4.69, 9.17) is 4.42 Å². The topological polar surface area (TPSA) is 97.1 Å². The van der Waals surface area contributed by atoms with Crippen molar-refractivity contribution >= 4 is 16.8 Å². The van der Waals surface area contributed by atoms with E-state index >= 15 is 0 Å². The van der Waals surface area contributed by atoms with Crippen molar-refractivity contribution in [3.63, 3.8) is 0 Å². The van der Waals surface area contributed by atoms with Gasteiger partial charge in [0.25, 0.3) is 11.5 Å². The predicted octanol–water partition coefficient (Wildman–Crippen LogP) is 2.33. The second-order valence-corrected chi connectivity index (χ2v) is 6.57. The van der Waals surface area contributed by atoms with Crippen LogP contribution in [0, 0.1) is 0 Å². The Bertz CT molecular complexity index is 1060. The summed E-state index contributed by atoms with van der Waals surface area (Å²) in [6.07, 6.45) is 5.30. The molecular formula is C19H19N3O4. The number of benzene rings is 1. The van der Waals surface area contributed by atoms with Crippen LogP contribution >= 0.6 is 0 Å². The summed E-state index contributed by atoms with van der Waals surface area (Å²) in [5.41, 5.74) is 0.0401. The minimum absolute atomic E-state index is 0.0353. The Morgan fingerprint density at radius 1 is 1.23 bits per heavy atom. The van der Waals surface area contributed by atoms with Gasteiger partial charge in [0, 0.05) is 11.6 Å². The minimum Gasteiger partial charge on any atom is -0.467 e. The lowest BCUT2D eigenvalue weighted by Gasteiger charge is -2.13. The summed E-state index contributed by atoms with van der Waals surface area (Å²) in [4.78, 5) is 40.2. The van der Waals surface area contributed by atoms with Crippen LogP contribution in [0.4, 0.5) is 0 Å². The number of hydrogen-bond donors (Lipinski definition) is 2. The Balaban J connectivity index is 1.65. The standard InChI is InChI=1S/C19H19N3O4/c23-17(20-11-14-6-3-9-26-14)12-7-8-15-16(10-12)21-19(25)22(18(15)24)13-4-1-2-5-13/h3,6-10,13H,1-2,4-5,11H2,(H,20,23)(H,21,25). The molecule has 26 heavy (non-hydrogen) atoms. The van der Waals surface area contributed by atoms with E-state index in [2.05, 4.69) is 10.3 Å². The maximum absolute atomic E-state index is 12.7. The first-order valence-corrected chi connectivity index (χ1v) is 8.72. The van der Waals surface area contributed by atoms with Crippen LogP contribution in [0.3, 0.4) is 0 Å². The molecule has 2 N–H and O–H groups in total. The number of rotatable bonds is 4. The van der Waals surface area contributed by atoms with Crippen molar-refractivity contribution in [1.82, 2.24) is 14.9 Å². The van der Waals surface area contributed by atoms with Gasteiger partial charge in [-0.1, -0.05) is 12.8 Å².